The van der Waals surface area contributed by atoms with Crippen molar-refractivity contribution in [1.82, 2.24) is 5.32 Å². The van der Waals surface area contributed by atoms with Gasteiger partial charge in [-0.2, -0.15) is 0 Å². The largest absolute Gasteiger partial charge is 0.467 e. The van der Waals surface area contributed by atoms with Crippen LogP contribution >= 0.6 is 0 Å². The molecule has 0 bridgehead atoms. The first-order valence-electron chi connectivity index (χ1n) is 5.98. The third-order valence-corrected chi connectivity index (χ3v) is 2.66. The van der Waals surface area contributed by atoms with Crippen LogP contribution in [-0.2, 0) is 25.5 Å². The zero-order valence-electron chi connectivity index (χ0n) is 11.4. The van der Waals surface area contributed by atoms with Gasteiger partial charge in [0.2, 0.25) is 5.91 Å². The highest BCUT2D eigenvalue weighted by Crippen LogP contribution is 2.07. The molecule has 0 radical (unpaired) electrons. The van der Waals surface area contributed by atoms with E-state index in [4.69, 9.17) is 9.47 Å². The SMILES string of the molecule is COCC(=O)N[C@H](Cc1ccc(C)cc1)C(=O)OC. The fraction of sp³-hybridized carbons (Fsp3) is 0.429. The van der Waals surface area contributed by atoms with E-state index >= 15 is 0 Å². The minimum absolute atomic E-state index is 0.0820. The Kier molecular flexibility index (Phi) is 6.02. The molecule has 0 aliphatic heterocycles. The topological polar surface area (TPSA) is 64.6 Å². The highest BCUT2D eigenvalue weighted by Gasteiger charge is 2.21. The second-order valence-corrected chi connectivity index (χ2v) is 4.27. The van der Waals surface area contributed by atoms with Gasteiger partial charge in [-0.1, -0.05) is 29.8 Å². The van der Waals surface area contributed by atoms with Gasteiger partial charge in [-0.25, -0.2) is 4.79 Å². The molecule has 0 saturated carbocycles. The van der Waals surface area contributed by atoms with E-state index in [0.29, 0.717) is 6.42 Å². The van der Waals surface area contributed by atoms with Gasteiger partial charge in [0.15, 0.2) is 0 Å². The Hall–Kier alpha value is -1.88. The molecular formula is C14H19NO4. The third kappa shape index (κ3) is 5.09. The third-order valence-electron chi connectivity index (χ3n) is 2.66. The van der Waals surface area contributed by atoms with Crippen LogP contribution in [0.5, 0.6) is 0 Å². The van der Waals surface area contributed by atoms with E-state index in [2.05, 4.69) is 5.32 Å². The van der Waals surface area contributed by atoms with Crippen LogP contribution in [0.25, 0.3) is 0 Å². The molecule has 0 saturated heterocycles. The molecular weight excluding hydrogens is 246 g/mol. The molecule has 1 aromatic rings. The average molecular weight is 265 g/mol. The summed E-state index contributed by atoms with van der Waals surface area (Å²) < 4.78 is 9.41. The summed E-state index contributed by atoms with van der Waals surface area (Å²) >= 11 is 0. The van der Waals surface area contributed by atoms with Crippen LogP contribution < -0.4 is 5.32 Å². The van der Waals surface area contributed by atoms with E-state index in [1.807, 2.05) is 31.2 Å². The summed E-state index contributed by atoms with van der Waals surface area (Å²) in [5, 5.41) is 2.59. The number of hydrogen-bond donors (Lipinski definition) is 1. The number of carbonyl (C=O) groups is 2. The molecule has 0 fully saturated rings. The van der Waals surface area contributed by atoms with Gasteiger partial charge < -0.3 is 14.8 Å². The van der Waals surface area contributed by atoms with Crippen LogP contribution in [0.4, 0.5) is 0 Å². The van der Waals surface area contributed by atoms with Gasteiger partial charge in [0.25, 0.3) is 0 Å². The summed E-state index contributed by atoms with van der Waals surface area (Å²) in [6.07, 6.45) is 0.391. The van der Waals surface area contributed by atoms with Gasteiger partial charge in [-0.15, -0.1) is 0 Å². The van der Waals surface area contributed by atoms with Gasteiger partial charge in [0.1, 0.15) is 12.6 Å². The van der Waals surface area contributed by atoms with Crippen molar-refractivity contribution in [2.24, 2.45) is 0 Å². The number of hydrogen-bond acceptors (Lipinski definition) is 4. The van der Waals surface area contributed by atoms with Crippen molar-refractivity contribution < 1.29 is 19.1 Å². The number of methoxy groups -OCH3 is 2. The Morgan fingerprint density at radius 2 is 1.84 bits per heavy atom. The first kappa shape index (κ1) is 15.2. The van der Waals surface area contributed by atoms with E-state index in [1.54, 1.807) is 0 Å². The van der Waals surface area contributed by atoms with Crippen molar-refractivity contribution in [1.29, 1.82) is 0 Å². The van der Waals surface area contributed by atoms with E-state index in [-0.39, 0.29) is 12.5 Å². The lowest BCUT2D eigenvalue weighted by atomic mass is 10.0. The van der Waals surface area contributed by atoms with Crippen LogP contribution in [0.15, 0.2) is 24.3 Å². The van der Waals surface area contributed by atoms with Crippen molar-refractivity contribution in [3.8, 4) is 0 Å². The van der Waals surface area contributed by atoms with Crippen LogP contribution in [0.1, 0.15) is 11.1 Å². The number of aryl methyl sites for hydroxylation is 1. The number of nitrogens with one attached hydrogen (secondary N) is 1. The molecule has 0 aliphatic rings. The zero-order valence-corrected chi connectivity index (χ0v) is 11.4. The normalized spacial score (nSPS) is 11.7. The molecule has 1 N–H and O–H groups in total. The molecule has 5 heteroatoms. The van der Waals surface area contributed by atoms with Gasteiger partial charge >= 0.3 is 5.97 Å². The number of rotatable bonds is 6. The second-order valence-electron chi connectivity index (χ2n) is 4.27. The number of esters is 1. The van der Waals surface area contributed by atoms with E-state index < -0.39 is 12.0 Å². The molecule has 1 rings (SSSR count). The smallest absolute Gasteiger partial charge is 0.328 e. The first-order chi connectivity index (χ1) is 9.06. The first-order valence-corrected chi connectivity index (χ1v) is 5.98. The summed E-state index contributed by atoms with van der Waals surface area (Å²) in [5.41, 5.74) is 2.10. The lowest BCUT2D eigenvalue weighted by molar-refractivity contribution is -0.145. The van der Waals surface area contributed by atoms with E-state index in [0.717, 1.165) is 11.1 Å². The Balaban J connectivity index is 2.71. The minimum Gasteiger partial charge on any atom is -0.467 e. The summed E-state index contributed by atoms with van der Waals surface area (Å²) in [6.45, 7) is 1.91. The van der Waals surface area contributed by atoms with Crippen molar-refractivity contribution in [3.05, 3.63) is 35.4 Å². The fourth-order valence-electron chi connectivity index (χ4n) is 1.66. The highest BCUT2D eigenvalue weighted by atomic mass is 16.5. The molecule has 0 heterocycles. The molecule has 104 valence electrons. The monoisotopic (exact) mass is 265 g/mol. The van der Waals surface area contributed by atoms with Crippen LogP contribution in [-0.4, -0.2) is 38.7 Å². The summed E-state index contributed by atoms with van der Waals surface area (Å²) in [7, 11) is 2.72. The van der Waals surface area contributed by atoms with E-state index in [1.165, 1.54) is 14.2 Å². The Labute approximate surface area is 112 Å². The molecule has 19 heavy (non-hydrogen) atoms. The average Bonchev–Trinajstić information content (AvgIpc) is 2.40. The fourth-order valence-corrected chi connectivity index (χ4v) is 1.66. The zero-order chi connectivity index (χ0) is 14.3. The summed E-state index contributed by atoms with van der Waals surface area (Å²) in [5.74, 6) is -0.810. The molecule has 0 aromatic heterocycles. The summed E-state index contributed by atoms with van der Waals surface area (Å²) in [6, 6.07) is 7.07. The molecule has 0 aliphatic carbocycles. The van der Waals surface area contributed by atoms with Gasteiger partial charge in [-0.05, 0) is 12.5 Å². The minimum atomic E-state index is -0.699. The van der Waals surface area contributed by atoms with Crippen LogP contribution in [0.2, 0.25) is 0 Å². The molecule has 1 amide bonds. The Bertz CT molecular complexity index is 428. The summed E-state index contributed by atoms with van der Waals surface area (Å²) in [4.78, 5) is 23.1. The van der Waals surface area contributed by atoms with Crippen molar-refractivity contribution >= 4 is 11.9 Å². The Morgan fingerprint density at radius 3 is 2.37 bits per heavy atom. The van der Waals surface area contributed by atoms with Gasteiger partial charge in [0, 0.05) is 13.5 Å². The predicted molar refractivity (Wildman–Crippen MR) is 70.7 cm³/mol. The van der Waals surface area contributed by atoms with Crippen molar-refractivity contribution in [3.63, 3.8) is 0 Å². The maximum absolute atomic E-state index is 11.6. The lowest BCUT2D eigenvalue weighted by Gasteiger charge is -2.16. The predicted octanol–water partition coefficient (Wildman–Crippen LogP) is 0.842. The number of amides is 1. The lowest BCUT2D eigenvalue weighted by Crippen LogP contribution is -2.44. The van der Waals surface area contributed by atoms with Crippen molar-refractivity contribution in [2.75, 3.05) is 20.8 Å². The molecule has 5 nitrogen and oxygen atoms in total. The number of carbonyl (C=O) groups excluding carboxylic acids is 2. The quantitative estimate of drug-likeness (QED) is 0.774. The molecule has 0 spiro atoms. The van der Waals surface area contributed by atoms with Gasteiger partial charge in [-0.3, -0.25) is 4.79 Å². The highest BCUT2D eigenvalue weighted by molar-refractivity contribution is 5.85. The molecule has 1 atom stereocenters. The van der Waals surface area contributed by atoms with Crippen LogP contribution in [0, 0.1) is 6.92 Å². The molecule has 1 aromatic carbocycles. The standard InChI is InChI=1S/C14H19NO4/c1-10-4-6-11(7-5-10)8-12(14(17)19-3)15-13(16)9-18-2/h4-7,12H,8-9H2,1-3H3,(H,15,16)/t12-/m1/s1. The Morgan fingerprint density at radius 1 is 1.21 bits per heavy atom. The van der Waals surface area contributed by atoms with Crippen LogP contribution in [0.3, 0.4) is 0 Å². The van der Waals surface area contributed by atoms with Crippen molar-refractivity contribution in [2.45, 2.75) is 19.4 Å². The maximum Gasteiger partial charge on any atom is 0.328 e. The number of benzene rings is 1. The molecule has 0 unspecified atom stereocenters. The number of ether oxygens (including phenoxy) is 2. The maximum atomic E-state index is 11.6. The van der Waals surface area contributed by atoms with E-state index in [9.17, 15) is 9.59 Å². The van der Waals surface area contributed by atoms with Gasteiger partial charge in [0.05, 0.1) is 7.11 Å². The second kappa shape index (κ2) is 7.53.